The number of amides is 1. The quantitative estimate of drug-likeness (QED) is 0.664. The highest BCUT2D eigenvalue weighted by Gasteiger charge is 2.29. The highest BCUT2D eigenvalue weighted by Crippen LogP contribution is 2.33. The van der Waals surface area contributed by atoms with Crippen LogP contribution >= 0.6 is 0 Å². The van der Waals surface area contributed by atoms with Gasteiger partial charge in [-0.3, -0.25) is 9.59 Å². The van der Waals surface area contributed by atoms with E-state index in [1.165, 1.54) is 11.9 Å². The molecule has 1 amide bonds. The lowest BCUT2D eigenvalue weighted by molar-refractivity contribution is -0.140. The summed E-state index contributed by atoms with van der Waals surface area (Å²) in [6, 6.07) is 3.42. The Morgan fingerprint density at radius 1 is 1.42 bits per heavy atom. The third kappa shape index (κ3) is 3.95. The normalized spacial score (nSPS) is 16.7. The molecule has 1 aliphatic rings. The Morgan fingerprint density at radius 2 is 2.08 bits per heavy atom. The Bertz CT molecular complexity index is 594. The average molecular weight is 338 g/mol. The number of fused-ring (bicyclic) bond motifs is 1. The van der Waals surface area contributed by atoms with Crippen molar-refractivity contribution in [3.63, 3.8) is 0 Å². The molecule has 1 aliphatic heterocycles. The molecule has 0 radical (unpaired) electrons. The van der Waals surface area contributed by atoms with Crippen molar-refractivity contribution in [3.8, 4) is 11.5 Å². The summed E-state index contributed by atoms with van der Waals surface area (Å²) in [4.78, 5) is 24.0. The van der Waals surface area contributed by atoms with Crippen molar-refractivity contribution in [3.05, 3.63) is 23.8 Å². The number of nitrogens with two attached hydrogens (primary N) is 1. The molecule has 0 fully saturated rings. The summed E-state index contributed by atoms with van der Waals surface area (Å²) >= 11 is 0. The van der Waals surface area contributed by atoms with Gasteiger partial charge < -0.3 is 30.0 Å². The summed E-state index contributed by atoms with van der Waals surface area (Å²) in [6.07, 6.45) is -1.20. The van der Waals surface area contributed by atoms with E-state index in [1.807, 2.05) is 0 Å². The first-order valence-electron chi connectivity index (χ1n) is 7.60. The van der Waals surface area contributed by atoms with Crippen LogP contribution in [0.5, 0.6) is 11.5 Å². The highest BCUT2D eigenvalue weighted by atomic mass is 16.6. The van der Waals surface area contributed by atoms with Gasteiger partial charge in [-0.1, -0.05) is 6.07 Å². The molecule has 0 saturated carbocycles. The Hall–Kier alpha value is -2.32. The second kappa shape index (κ2) is 7.98. The molecule has 8 nitrogen and oxygen atoms in total. The van der Waals surface area contributed by atoms with Gasteiger partial charge in [-0.05, 0) is 24.6 Å². The van der Waals surface area contributed by atoms with Gasteiger partial charge in [0, 0.05) is 7.05 Å². The molecule has 3 N–H and O–H groups in total. The van der Waals surface area contributed by atoms with Crippen LogP contribution in [0.2, 0.25) is 0 Å². The van der Waals surface area contributed by atoms with E-state index in [1.54, 1.807) is 25.1 Å². The number of likely N-dealkylation sites (N-methyl/N-ethyl adjacent to an activating group) is 1. The lowest BCUT2D eigenvalue weighted by Crippen LogP contribution is -2.49. The topological polar surface area (TPSA) is 111 Å². The van der Waals surface area contributed by atoms with Crippen molar-refractivity contribution >= 4 is 12.4 Å². The predicted octanol–water partition coefficient (Wildman–Crippen LogP) is -0.162. The van der Waals surface area contributed by atoms with Crippen molar-refractivity contribution < 1.29 is 28.9 Å². The SMILES string of the molecule is CC(COC=O)N(C)C(=O)C(N)C(O)c1ccc2c(c1)OCCO2. The molecule has 0 spiro atoms. The number of carbonyl (C=O) groups is 2. The third-order valence-electron chi connectivity index (χ3n) is 3.95. The van der Waals surface area contributed by atoms with Gasteiger partial charge in [0.2, 0.25) is 5.91 Å². The molecule has 1 heterocycles. The summed E-state index contributed by atoms with van der Waals surface area (Å²) in [5.74, 6) is 0.645. The van der Waals surface area contributed by atoms with Gasteiger partial charge in [-0.2, -0.15) is 0 Å². The second-order valence-electron chi connectivity index (χ2n) is 5.60. The first-order chi connectivity index (χ1) is 11.5. The molecular formula is C16H22N2O6. The van der Waals surface area contributed by atoms with Crippen LogP contribution in [0.15, 0.2) is 18.2 Å². The van der Waals surface area contributed by atoms with Crippen LogP contribution < -0.4 is 15.2 Å². The number of aliphatic hydroxyl groups is 1. The van der Waals surface area contributed by atoms with Crippen LogP contribution in [0.4, 0.5) is 0 Å². The van der Waals surface area contributed by atoms with E-state index in [-0.39, 0.29) is 12.6 Å². The summed E-state index contributed by atoms with van der Waals surface area (Å²) in [7, 11) is 1.54. The van der Waals surface area contributed by atoms with Crippen LogP contribution in [0.1, 0.15) is 18.6 Å². The lowest BCUT2D eigenvalue weighted by Gasteiger charge is -2.29. The molecule has 24 heavy (non-hydrogen) atoms. The zero-order valence-electron chi connectivity index (χ0n) is 13.7. The van der Waals surface area contributed by atoms with E-state index < -0.39 is 18.1 Å². The number of hydrogen-bond acceptors (Lipinski definition) is 7. The molecule has 0 bridgehead atoms. The van der Waals surface area contributed by atoms with E-state index in [2.05, 4.69) is 4.74 Å². The summed E-state index contributed by atoms with van der Waals surface area (Å²) in [5.41, 5.74) is 6.38. The maximum absolute atomic E-state index is 12.4. The Morgan fingerprint density at radius 3 is 2.75 bits per heavy atom. The van der Waals surface area contributed by atoms with E-state index in [4.69, 9.17) is 15.2 Å². The fraction of sp³-hybridized carbons (Fsp3) is 0.500. The second-order valence-corrected chi connectivity index (χ2v) is 5.60. The molecular weight excluding hydrogens is 316 g/mol. The minimum absolute atomic E-state index is 0.0541. The van der Waals surface area contributed by atoms with E-state index in [0.29, 0.717) is 36.7 Å². The Balaban J connectivity index is 2.06. The number of aliphatic hydroxyl groups excluding tert-OH is 1. The van der Waals surface area contributed by atoms with Gasteiger partial charge in [0.1, 0.15) is 32.0 Å². The van der Waals surface area contributed by atoms with Crippen molar-refractivity contribution in [1.82, 2.24) is 4.90 Å². The standard InChI is InChI=1S/C16H22N2O6/c1-10(8-22-9-19)18(2)16(21)14(17)15(20)11-3-4-12-13(7-11)24-6-5-23-12/h3-4,7,9-10,14-15,20H,5-6,8,17H2,1-2H3. The maximum atomic E-state index is 12.4. The molecule has 3 atom stereocenters. The van der Waals surface area contributed by atoms with Crippen molar-refractivity contribution in [2.24, 2.45) is 5.73 Å². The zero-order chi connectivity index (χ0) is 17.7. The first-order valence-corrected chi connectivity index (χ1v) is 7.60. The Labute approximate surface area is 140 Å². The van der Waals surface area contributed by atoms with Gasteiger partial charge in [-0.15, -0.1) is 0 Å². The van der Waals surface area contributed by atoms with Crippen molar-refractivity contribution in [1.29, 1.82) is 0 Å². The van der Waals surface area contributed by atoms with Gasteiger partial charge in [0.15, 0.2) is 11.5 Å². The fourth-order valence-corrected chi connectivity index (χ4v) is 2.33. The summed E-state index contributed by atoms with van der Waals surface area (Å²) in [6.45, 7) is 2.98. The fourth-order valence-electron chi connectivity index (χ4n) is 2.33. The molecule has 2 rings (SSSR count). The maximum Gasteiger partial charge on any atom is 0.293 e. The van der Waals surface area contributed by atoms with Crippen LogP contribution in [0.3, 0.4) is 0 Å². The summed E-state index contributed by atoms with van der Waals surface area (Å²) < 4.78 is 15.5. The lowest BCUT2D eigenvalue weighted by atomic mass is 10.0. The largest absolute Gasteiger partial charge is 0.486 e. The number of rotatable bonds is 7. The molecule has 0 aliphatic carbocycles. The molecule has 8 heteroatoms. The third-order valence-corrected chi connectivity index (χ3v) is 3.95. The molecule has 0 saturated heterocycles. The molecule has 1 aromatic rings. The molecule has 0 aromatic heterocycles. The number of nitrogens with zero attached hydrogens (tertiary/aromatic N) is 1. The van der Waals surface area contributed by atoms with Crippen LogP contribution in [0, 0.1) is 0 Å². The molecule has 1 aromatic carbocycles. The Kier molecular flexibility index (Phi) is 5.99. The van der Waals surface area contributed by atoms with E-state index >= 15 is 0 Å². The van der Waals surface area contributed by atoms with Crippen LogP contribution in [-0.4, -0.2) is 61.3 Å². The molecule has 3 unspecified atom stereocenters. The minimum atomic E-state index is -1.20. The van der Waals surface area contributed by atoms with Crippen LogP contribution in [0.25, 0.3) is 0 Å². The number of hydrogen-bond donors (Lipinski definition) is 2. The van der Waals surface area contributed by atoms with Gasteiger partial charge in [-0.25, -0.2) is 0 Å². The summed E-state index contributed by atoms with van der Waals surface area (Å²) in [5, 5.41) is 10.4. The monoisotopic (exact) mass is 338 g/mol. The minimum Gasteiger partial charge on any atom is -0.486 e. The predicted molar refractivity (Wildman–Crippen MR) is 84.6 cm³/mol. The number of ether oxygens (including phenoxy) is 3. The number of carbonyl (C=O) groups excluding carboxylic acids is 2. The smallest absolute Gasteiger partial charge is 0.293 e. The van der Waals surface area contributed by atoms with Crippen LogP contribution in [-0.2, 0) is 14.3 Å². The van der Waals surface area contributed by atoms with Gasteiger partial charge >= 0.3 is 0 Å². The van der Waals surface area contributed by atoms with Gasteiger partial charge in [0.05, 0.1) is 6.04 Å². The van der Waals surface area contributed by atoms with Crippen molar-refractivity contribution in [2.75, 3.05) is 26.9 Å². The number of benzene rings is 1. The molecule has 132 valence electrons. The van der Waals surface area contributed by atoms with Gasteiger partial charge in [0.25, 0.3) is 6.47 Å². The zero-order valence-corrected chi connectivity index (χ0v) is 13.7. The average Bonchev–Trinajstić information content (AvgIpc) is 2.63. The van der Waals surface area contributed by atoms with Crippen molar-refractivity contribution in [2.45, 2.75) is 25.1 Å². The van der Waals surface area contributed by atoms with E-state index in [0.717, 1.165) is 0 Å². The van der Waals surface area contributed by atoms with E-state index in [9.17, 15) is 14.7 Å². The first kappa shape index (κ1) is 18.0. The highest BCUT2D eigenvalue weighted by molar-refractivity contribution is 5.82.